The quantitative estimate of drug-likeness (QED) is 0.864. The summed E-state index contributed by atoms with van der Waals surface area (Å²) in [5.74, 6) is -0.228. The van der Waals surface area contributed by atoms with Crippen LogP contribution in [0.25, 0.3) is 0 Å². The highest BCUT2D eigenvalue weighted by Gasteiger charge is 2.43. The number of hydrogen-bond acceptors (Lipinski definition) is 3. The molecular formula is C19H26FN3O2. The minimum Gasteiger partial charge on any atom is -0.393 e. The summed E-state index contributed by atoms with van der Waals surface area (Å²) in [5.41, 5.74) is 1.00. The average Bonchev–Trinajstić information content (AvgIpc) is 2.87. The van der Waals surface area contributed by atoms with Gasteiger partial charge in [0, 0.05) is 36.9 Å². The lowest BCUT2D eigenvalue weighted by Crippen LogP contribution is -2.56. The van der Waals surface area contributed by atoms with Crippen molar-refractivity contribution in [3.05, 3.63) is 30.1 Å². The Hall–Kier alpha value is -1.82. The van der Waals surface area contributed by atoms with Gasteiger partial charge in [-0.3, -0.25) is 0 Å². The van der Waals surface area contributed by atoms with E-state index >= 15 is 0 Å². The molecule has 2 unspecified atom stereocenters. The molecule has 6 heteroatoms. The molecule has 3 atom stereocenters. The summed E-state index contributed by atoms with van der Waals surface area (Å²) in [6, 6.07) is 7.05. The van der Waals surface area contributed by atoms with Gasteiger partial charge >= 0.3 is 6.03 Å². The molecule has 3 aliphatic rings. The number of urea groups is 1. The normalized spacial score (nSPS) is 31.9. The minimum absolute atomic E-state index is 0.0188. The van der Waals surface area contributed by atoms with Gasteiger partial charge in [-0.2, -0.15) is 0 Å². The van der Waals surface area contributed by atoms with E-state index in [4.69, 9.17) is 0 Å². The van der Waals surface area contributed by atoms with Crippen LogP contribution in [0.2, 0.25) is 0 Å². The van der Waals surface area contributed by atoms with E-state index in [1.165, 1.54) is 12.1 Å². The van der Waals surface area contributed by atoms with E-state index in [-0.39, 0.29) is 36.1 Å². The standard InChI is InChI=1S/C19H26FN3O2/c20-13-3-5-15(6-4-13)22-9-1-2-14(12-22)21-19(25)23-16-7-8-17(23)11-18(24)10-16/h3-6,14,16-18,24H,1-2,7-12H2,(H,21,25)/t14-,16?,17?,18?/m0/s1. The second kappa shape index (κ2) is 6.83. The fourth-order valence-corrected chi connectivity index (χ4v) is 4.71. The second-order valence-electron chi connectivity index (χ2n) is 7.63. The van der Waals surface area contributed by atoms with Crippen LogP contribution >= 0.6 is 0 Å². The monoisotopic (exact) mass is 347 g/mol. The van der Waals surface area contributed by atoms with Gasteiger partial charge < -0.3 is 20.2 Å². The van der Waals surface area contributed by atoms with Crippen LogP contribution in [0.1, 0.15) is 38.5 Å². The molecule has 1 aromatic carbocycles. The number of anilines is 1. The van der Waals surface area contributed by atoms with Crippen LogP contribution in [0.5, 0.6) is 0 Å². The van der Waals surface area contributed by atoms with E-state index in [1.807, 2.05) is 4.90 Å². The predicted octanol–water partition coefficient (Wildman–Crippen LogP) is 2.49. The first-order valence-corrected chi connectivity index (χ1v) is 9.37. The van der Waals surface area contributed by atoms with E-state index in [2.05, 4.69) is 10.2 Å². The Bertz CT molecular complexity index is 610. The highest BCUT2D eigenvalue weighted by atomic mass is 19.1. The van der Waals surface area contributed by atoms with Gasteiger partial charge in [-0.05, 0) is 62.8 Å². The molecule has 0 aromatic heterocycles. The van der Waals surface area contributed by atoms with Crippen molar-refractivity contribution < 1.29 is 14.3 Å². The zero-order valence-corrected chi connectivity index (χ0v) is 14.4. The van der Waals surface area contributed by atoms with Gasteiger partial charge in [0.2, 0.25) is 0 Å². The van der Waals surface area contributed by atoms with Gasteiger partial charge in [-0.25, -0.2) is 9.18 Å². The molecule has 3 saturated heterocycles. The van der Waals surface area contributed by atoms with E-state index in [0.29, 0.717) is 12.8 Å². The number of amides is 2. The molecule has 2 N–H and O–H groups in total. The molecule has 3 fully saturated rings. The Kier molecular flexibility index (Phi) is 4.54. The topological polar surface area (TPSA) is 55.8 Å². The molecule has 3 aliphatic heterocycles. The number of piperidine rings is 2. The molecule has 0 radical (unpaired) electrons. The van der Waals surface area contributed by atoms with E-state index < -0.39 is 0 Å². The number of hydrogen-bond donors (Lipinski definition) is 2. The highest BCUT2D eigenvalue weighted by molar-refractivity contribution is 5.76. The van der Waals surface area contributed by atoms with Gasteiger partial charge in [-0.1, -0.05) is 0 Å². The van der Waals surface area contributed by atoms with Crippen LogP contribution in [-0.4, -0.2) is 53.4 Å². The maximum absolute atomic E-state index is 13.1. The summed E-state index contributed by atoms with van der Waals surface area (Å²) in [5, 5.41) is 13.1. The molecule has 1 aromatic rings. The molecule has 5 nitrogen and oxygen atoms in total. The number of aliphatic hydroxyl groups is 1. The van der Waals surface area contributed by atoms with E-state index in [9.17, 15) is 14.3 Å². The number of benzene rings is 1. The lowest BCUT2D eigenvalue weighted by Gasteiger charge is -2.40. The van der Waals surface area contributed by atoms with Gasteiger partial charge in [0.25, 0.3) is 0 Å². The minimum atomic E-state index is -0.259. The fourth-order valence-electron chi connectivity index (χ4n) is 4.71. The molecule has 0 aliphatic carbocycles. The second-order valence-corrected chi connectivity index (χ2v) is 7.63. The molecule has 0 spiro atoms. The fraction of sp³-hybridized carbons (Fsp3) is 0.632. The summed E-state index contributed by atoms with van der Waals surface area (Å²) in [4.78, 5) is 17.0. The van der Waals surface area contributed by atoms with Crippen molar-refractivity contribution in [1.82, 2.24) is 10.2 Å². The number of fused-ring (bicyclic) bond motifs is 2. The molecule has 136 valence electrons. The zero-order valence-electron chi connectivity index (χ0n) is 14.4. The van der Waals surface area contributed by atoms with Crippen molar-refractivity contribution in [3.8, 4) is 0 Å². The number of nitrogens with one attached hydrogen (secondary N) is 1. The third-order valence-corrected chi connectivity index (χ3v) is 5.88. The number of halogens is 1. The summed E-state index contributed by atoms with van der Waals surface area (Å²) in [7, 11) is 0. The number of carbonyl (C=O) groups excluding carboxylic acids is 1. The summed E-state index contributed by atoms with van der Waals surface area (Å²) < 4.78 is 13.1. The molecule has 0 saturated carbocycles. The third-order valence-electron chi connectivity index (χ3n) is 5.88. The maximum atomic E-state index is 13.1. The Morgan fingerprint density at radius 2 is 1.80 bits per heavy atom. The summed E-state index contributed by atoms with van der Waals surface area (Å²) in [6.45, 7) is 1.68. The van der Waals surface area contributed by atoms with Gasteiger partial charge in [0.05, 0.1) is 6.10 Å². The number of nitrogens with zero attached hydrogens (tertiary/aromatic N) is 2. The number of rotatable bonds is 2. The maximum Gasteiger partial charge on any atom is 0.318 e. The van der Waals surface area contributed by atoms with Gasteiger partial charge in [0.15, 0.2) is 0 Å². The number of carbonyl (C=O) groups is 1. The largest absolute Gasteiger partial charge is 0.393 e. The Labute approximate surface area is 147 Å². The number of aliphatic hydroxyl groups excluding tert-OH is 1. The van der Waals surface area contributed by atoms with Crippen molar-refractivity contribution in [2.45, 2.75) is 62.8 Å². The van der Waals surface area contributed by atoms with Gasteiger partial charge in [0.1, 0.15) is 5.82 Å². The molecule has 3 heterocycles. The third kappa shape index (κ3) is 3.45. The van der Waals surface area contributed by atoms with Crippen molar-refractivity contribution in [1.29, 1.82) is 0 Å². The predicted molar refractivity (Wildman–Crippen MR) is 94.1 cm³/mol. The van der Waals surface area contributed by atoms with Crippen LogP contribution in [0, 0.1) is 5.82 Å². The highest BCUT2D eigenvalue weighted by Crippen LogP contribution is 2.35. The van der Waals surface area contributed by atoms with Crippen LogP contribution in [0.4, 0.5) is 14.9 Å². The van der Waals surface area contributed by atoms with Crippen LogP contribution in [0.3, 0.4) is 0 Å². The first kappa shape index (κ1) is 16.6. The van der Waals surface area contributed by atoms with Gasteiger partial charge in [-0.15, -0.1) is 0 Å². The van der Waals surface area contributed by atoms with Crippen molar-refractivity contribution >= 4 is 11.7 Å². The van der Waals surface area contributed by atoms with Crippen molar-refractivity contribution in [2.75, 3.05) is 18.0 Å². The first-order valence-electron chi connectivity index (χ1n) is 9.37. The van der Waals surface area contributed by atoms with Crippen LogP contribution < -0.4 is 10.2 Å². The molecule has 4 rings (SSSR count). The average molecular weight is 347 g/mol. The van der Waals surface area contributed by atoms with E-state index in [0.717, 1.165) is 44.5 Å². The molecule has 25 heavy (non-hydrogen) atoms. The van der Waals surface area contributed by atoms with E-state index in [1.54, 1.807) is 12.1 Å². The zero-order chi connectivity index (χ0) is 17.4. The lowest BCUT2D eigenvalue weighted by atomic mass is 10.00. The van der Waals surface area contributed by atoms with Crippen molar-refractivity contribution in [2.24, 2.45) is 0 Å². The van der Waals surface area contributed by atoms with Crippen molar-refractivity contribution in [3.63, 3.8) is 0 Å². The first-order chi connectivity index (χ1) is 12.1. The molecule has 2 bridgehead atoms. The van der Waals surface area contributed by atoms with Crippen LogP contribution in [0.15, 0.2) is 24.3 Å². The lowest BCUT2D eigenvalue weighted by molar-refractivity contribution is 0.0533. The Balaban J connectivity index is 1.37. The smallest absolute Gasteiger partial charge is 0.318 e. The summed E-state index contributed by atoms with van der Waals surface area (Å²) >= 11 is 0. The van der Waals surface area contributed by atoms with Crippen LogP contribution in [-0.2, 0) is 0 Å². The SMILES string of the molecule is O=C(N[C@H]1CCCN(c2ccc(F)cc2)C1)N1C2CCC1CC(O)C2. The Morgan fingerprint density at radius 1 is 1.12 bits per heavy atom. The Morgan fingerprint density at radius 3 is 2.48 bits per heavy atom. The summed E-state index contributed by atoms with van der Waals surface area (Å²) in [6.07, 6.45) is 5.13. The molecule has 2 amide bonds. The molecular weight excluding hydrogens is 321 g/mol.